The minimum atomic E-state index is 0.654. The molecule has 0 fully saturated rings. The predicted octanol–water partition coefficient (Wildman–Crippen LogP) is 1.06. The van der Waals surface area contributed by atoms with Gasteiger partial charge in [0.2, 0.25) is 0 Å². The average molecular weight is 187 g/mol. The van der Waals surface area contributed by atoms with Gasteiger partial charge in [-0.1, -0.05) is 0 Å². The lowest BCUT2D eigenvalue weighted by atomic mass is 10.4. The topological polar surface area (TPSA) is 42.8 Å². The van der Waals surface area contributed by atoms with Crippen molar-refractivity contribution < 1.29 is 4.74 Å². The largest absolute Gasteiger partial charge is 0.381 e. The van der Waals surface area contributed by atoms with Crippen molar-refractivity contribution in [3.8, 4) is 0 Å². The van der Waals surface area contributed by atoms with Crippen molar-refractivity contribution in [2.75, 3.05) is 13.2 Å². The Labute approximate surface area is 76.6 Å². The normalized spacial score (nSPS) is 10.5. The van der Waals surface area contributed by atoms with Crippen LogP contribution in [0.1, 0.15) is 12.7 Å². The van der Waals surface area contributed by atoms with Crippen LogP contribution in [0.5, 0.6) is 0 Å². The Morgan fingerprint density at radius 3 is 2.92 bits per heavy atom. The third-order valence-electron chi connectivity index (χ3n) is 1.65. The first kappa shape index (κ1) is 9.41. The lowest BCUT2D eigenvalue weighted by molar-refractivity contribution is 0.149. The number of aromatic amines is 1. The van der Waals surface area contributed by atoms with E-state index in [1.54, 1.807) is 0 Å². The maximum atomic E-state index is 5.20. The van der Waals surface area contributed by atoms with E-state index < -0.39 is 0 Å². The third-order valence-corrected chi connectivity index (χ3v) is 2.01. The van der Waals surface area contributed by atoms with Crippen LogP contribution in [0, 0.1) is 4.77 Å². The highest BCUT2D eigenvalue weighted by Crippen LogP contribution is 1.95. The SMILES string of the molecule is CCOCCc1n[nH]c(=S)n1C. The van der Waals surface area contributed by atoms with Crippen LogP contribution in [0.2, 0.25) is 0 Å². The maximum absolute atomic E-state index is 5.20. The molecule has 0 aliphatic heterocycles. The molecule has 0 bridgehead atoms. The van der Waals surface area contributed by atoms with E-state index in [0.29, 0.717) is 11.4 Å². The Kier molecular flexibility index (Phi) is 3.43. The molecule has 0 radical (unpaired) electrons. The van der Waals surface area contributed by atoms with Crippen LogP contribution in [0.4, 0.5) is 0 Å². The van der Waals surface area contributed by atoms with Crippen LogP contribution in [-0.4, -0.2) is 28.0 Å². The summed E-state index contributed by atoms with van der Waals surface area (Å²) in [5.41, 5.74) is 0. The van der Waals surface area contributed by atoms with Crippen molar-refractivity contribution >= 4 is 12.2 Å². The van der Waals surface area contributed by atoms with Crippen molar-refractivity contribution in [3.63, 3.8) is 0 Å². The molecule has 1 rings (SSSR count). The van der Waals surface area contributed by atoms with Gasteiger partial charge in [0.15, 0.2) is 4.77 Å². The lowest BCUT2D eigenvalue weighted by Crippen LogP contribution is -2.04. The first-order valence-electron chi connectivity index (χ1n) is 3.93. The van der Waals surface area contributed by atoms with Crippen molar-refractivity contribution in [3.05, 3.63) is 10.6 Å². The molecule has 1 N–H and O–H groups in total. The molecule has 0 amide bonds. The molecule has 4 nitrogen and oxygen atoms in total. The smallest absolute Gasteiger partial charge is 0.194 e. The van der Waals surface area contributed by atoms with Gasteiger partial charge in [-0.3, -0.25) is 5.10 Å². The molecule has 0 aliphatic carbocycles. The highest BCUT2D eigenvalue weighted by atomic mass is 32.1. The highest BCUT2D eigenvalue weighted by molar-refractivity contribution is 7.71. The number of rotatable bonds is 4. The fraction of sp³-hybridized carbons (Fsp3) is 0.714. The molecule has 0 aliphatic rings. The molecule has 0 unspecified atom stereocenters. The molecule has 0 atom stereocenters. The number of ether oxygens (including phenoxy) is 1. The number of H-pyrrole nitrogens is 1. The second-order valence-corrected chi connectivity index (χ2v) is 2.84. The lowest BCUT2D eigenvalue weighted by Gasteiger charge is -1.99. The molecule has 0 saturated heterocycles. The summed E-state index contributed by atoms with van der Waals surface area (Å²) in [6.07, 6.45) is 0.803. The van der Waals surface area contributed by atoms with Crippen LogP contribution < -0.4 is 0 Å². The van der Waals surface area contributed by atoms with Crippen LogP contribution >= 0.6 is 12.2 Å². The molecule has 1 aromatic rings. The van der Waals surface area contributed by atoms with E-state index in [-0.39, 0.29) is 0 Å². The van der Waals surface area contributed by atoms with Crippen LogP contribution in [0.15, 0.2) is 0 Å². The summed E-state index contributed by atoms with van der Waals surface area (Å²) < 4.78 is 7.71. The number of nitrogens with one attached hydrogen (secondary N) is 1. The standard InChI is InChI=1S/C7H13N3OS/c1-3-11-5-4-6-8-9-7(12)10(6)2/h3-5H2,1-2H3,(H,9,12). The minimum absolute atomic E-state index is 0.654. The fourth-order valence-corrected chi connectivity index (χ4v) is 1.06. The summed E-state index contributed by atoms with van der Waals surface area (Å²) in [7, 11) is 1.90. The number of nitrogens with zero attached hydrogens (tertiary/aromatic N) is 2. The van der Waals surface area contributed by atoms with Gasteiger partial charge < -0.3 is 9.30 Å². The van der Waals surface area contributed by atoms with Crippen molar-refractivity contribution in [2.45, 2.75) is 13.3 Å². The summed E-state index contributed by atoms with van der Waals surface area (Å²) in [6, 6.07) is 0. The molecular formula is C7H13N3OS. The van der Waals surface area contributed by atoms with Gasteiger partial charge in [-0.2, -0.15) is 5.10 Å². The summed E-state index contributed by atoms with van der Waals surface area (Å²) >= 11 is 4.96. The van der Waals surface area contributed by atoms with Gasteiger partial charge in [0.25, 0.3) is 0 Å². The monoisotopic (exact) mass is 187 g/mol. The number of hydrogen-bond acceptors (Lipinski definition) is 3. The molecule has 0 aromatic carbocycles. The van der Waals surface area contributed by atoms with Crippen LogP contribution in [0.25, 0.3) is 0 Å². The van der Waals surface area contributed by atoms with E-state index in [1.165, 1.54) is 0 Å². The summed E-state index contributed by atoms with van der Waals surface area (Å²) in [4.78, 5) is 0. The van der Waals surface area contributed by atoms with Crippen molar-refractivity contribution in [1.82, 2.24) is 14.8 Å². The van der Waals surface area contributed by atoms with Gasteiger partial charge in [0, 0.05) is 20.1 Å². The van der Waals surface area contributed by atoms with Crippen LogP contribution in [-0.2, 0) is 18.2 Å². The summed E-state index contributed by atoms with van der Waals surface area (Å²) in [5.74, 6) is 0.938. The number of hydrogen-bond donors (Lipinski definition) is 1. The van der Waals surface area contributed by atoms with E-state index in [4.69, 9.17) is 17.0 Å². The van der Waals surface area contributed by atoms with E-state index in [9.17, 15) is 0 Å². The first-order valence-corrected chi connectivity index (χ1v) is 4.34. The third kappa shape index (κ3) is 2.15. The van der Waals surface area contributed by atoms with Crippen molar-refractivity contribution in [2.24, 2.45) is 7.05 Å². The Balaban J connectivity index is 2.52. The summed E-state index contributed by atoms with van der Waals surface area (Å²) in [5, 5.41) is 6.78. The zero-order valence-electron chi connectivity index (χ0n) is 7.33. The quantitative estimate of drug-likeness (QED) is 0.566. The van der Waals surface area contributed by atoms with Gasteiger partial charge in [-0.15, -0.1) is 0 Å². The van der Waals surface area contributed by atoms with E-state index >= 15 is 0 Å². The summed E-state index contributed by atoms with van der Waals surface area (Å²) in [6.45, 7) is 3.42. The van der Waals surface area contributed by atoms with Crippen molar-refractivity contribution in [1.29, 1.82) is 0 Å². The Bertz CT molecular complexity index is 291. The van der Waals surface area contributed by atoms with E-state index in [2.05, 4.69) is 10.2 Å². The molecule has 1 heterocycles. The van der Waals surface area contributed by atoms with Gasteiger partial charge in [0.05, 0.1) is 6.61 Å². The molecule has 1 aromatic heterocycles. The van der Waals surface area contributed by atoms with Crippen LogP contribution in [0.3, 0.4) is 0 Å². The van der Waals surface area contributed by atoms with E-state index in [1.807, 2.05) is 18.5 Å². The molecule has 0 spiro atoms. The first-order chi connectivity index (χ1) is 5.75. The van der Waals surface area contributed by atoms with Gasteiger partial charge in [0.1, 0.15) is 5.82 Å². The van der Waals surface area contributed by atoms with Gasteiger partial charge >= 0.3 is 0 Å². The molecule has 68 valence electrons. The van der Waals surface area contributed by atoms with Gasteiger partial charge in [-0.05, 0) is 19.1 Å². The minimum Gasteiger partial charge on any atom is -0.381 e. The van der Waals surface area contributed by atoms with Gasteiger partial charge in [-0.25, -0.2) is 0 Å². The highest BCUT2D eigenvalue weighted by Gasteiger charge is 2.00. The fourth-order valence-electron chi connectivity index (χ4n) is 0.911. The predicted molar refractivity (Wildman–Crippen MR) is 48.6 cm³/mol. The zero-order chi connectivity index (χ0) is 8.97. The Morgan fingerprint density at radius 2 is 2.42 bits per heavy atom. The maximum Gasteiger partial charge on any atom is 0.194 e. The Morgan fingerprint density at radius 1 is 1.67 bits per heavy atom. The second kappa shape index (κ2) is 4.37. The molecular weight excluding hydrogens is 174 g/mol. The number of aromatic nitrogens is 3. The molecule has 12 heavy (non-hydrogen) atoms. The Hall–Kier alpha value is -0.680. The molecule has 5 heteroatoms. The second-order valence-electron chi connectivity index (χ2n) is 2.45. The molecule has 0 saturated carbocycles. The van der Waals surface area contributed by atoms with E-state index in [0.717, 1.165) is 18.9 Å². The zero-order valence-corrected chi connectivity index (χ0v) is 8.15. The average Bonchev–Trinajstić information content (AvgIpc) is 2.36.